The summed E-state index contributed by atoms with van der Waals surface area (Å²) >= 11 is 1.57. The summed E-state index contributed by atoms with van der Waals surface area (Å²) in [7, 11) is 3.04. The van der Waals surface area contributed by atoms with Gasteiger partial charge >= 0.3 is 5.97 Å². The second kappa shape index (κ2) is 7.80. The number of esters is 1. The van der Waals surface area contributed by atoms with Gasteiger partial charge < -0.3 is 14.0 Å². The van der Waals surface area contributed by atoms with Crippen molar-refractivity contribution >= 4 is 17.7 Å². The number of carbonyl (C=O) groups excluding carboxylic acids is 1. The Kier molecular flexibility index (Phi) is 5.77. The standard InChI is InChI=1S/C14H17N3O3S/c1-19-7-6-17-10-15-16-14(17)21-9-11-4-3-5-12(8-11)13(18)20-2/h3-5,8,10H,6-7,9H2,1-2H3. The Balaban J connectivity index is 2.00. The summed E-state index contributed by atoms with van der Waals surface area (Å²) in [5.41, 5.74) is 1.58. The maximum absolute atomic E-state index is 11.5. The molecule has 0 saturated heterocycles. The van der Waals surface area contributed by atoms with E-state index in [2.05, 4.69) is 10.2 Å². The van der Waals surface area contributed by atoms with Crippen molar-refractivity contribution in [2.75, 3.05) is 20.8 Å². The lowest BCUT2D eigenvalue weighted by Gasteiger charge is -2.06. The van der Waals surface area contributed by atoms with Crippen LogP contribution in [0.4, 0.5) is 0 Å². The third kappa shape index (κ3) is 4.30. The summed E-state index contributed by atoms with van der Waals surface area (Å²) < 4.78 is 11.7. The highest BCUT2D eigenvalue weighted by molar-refractivity contribution is 7.98. The fraction of sp³-hybridized carbons (Fsp3) is 0.357. The van der Waals surface area contributed by atoms with Crippen LogP contribution in [-0.2, 0) is 21.8 Å². The zero-order valence-corrected chi connectivity index (χ0v) is 12.8. The summed E-state index contributed by atoms with van der Waals surface area (Å²) in [6, 6.07) is 7.38. The average molecular weight is 307 g/mol. The molecule has 0 amide bonds. The molecule has 2 rings (SSSR count). The number of nitrogens with zero attached hydrogens (tertiary/aromatic N) is 3. The van der Waals surface area contributed by atoms with Crippen molar-refractivity contribution in [2.24, 2.45) is 0 Å². The highest BCUT2D eigenvalue weighted by Crippen LogP contribution is 2.21. The van der Waals surface area contributed by atoms with E-state index in [0.29, 0.717) is 24.5 Å². The predicted molar refractivity (Wildman–Crippen MR) is 79.2 cm³/mol. The summed E-state index contributed by atoms with van der Waals surface area (Å²) in [5, 5.41) is 8.82. The topological polar surface area (TPSA) is 66.2 Å². The molecule has 112 valence electrons. The molecule has 0 radical (unpaired) electrons. The van der Waals surface area contributed by atoms with Gasteiger partial charge in [-0.15, -0.1) is 10.2 Å². The van der Waals surface area contributed by atoms with E-state index in [1.165, 1.54) is 7.11 Å². The van der Waals surface area contributed by atoms with Crippen LogP contribution >= 0.6 is 11.8 Å². The normalized spacial score (nSPS) is 10.6. The molecule has 6 nitrogen and oxygen atoms in total. The van der Waals surface area contributed by atoms with Gasteiger partial charge in [-0.25, -0.2) is 4.79 Å². The monoisotopic (exact) mass is 307 g/mol. The second-order valence-corrected chi connectivity index (χ2v) is 5.22. The zero-order valence-electron chi connectivity index (χ0n) is 12.0. The molecule has 7 heteroatoms. The van der Waals surface area contributed by atoms with E-state index in [1.54, 1.807) is 31.3 Å². The first-order chi connectivity index (χ1) is 10.2. The van der Waals surface area contributed by atoms with Crippen LogP contribution in [0, 0.1) is 0 Å². The summed E-state index contributed by atoms with van der Waals surface area (Å²) in [6.45, 7) is 1.33. The number of methoxy groups -OCH3 is 2. The summed E-state index contributed by atoms with van der Waals surface area (Å²) in [6.07, 6.45) is 1.69. The molecule has 0 unspecified atom stereocenters. The molecule has 0 fully saturated rings. The number of thioether (sulfide) groups is 1. The van der Waals surface area contributed by atoms with Crippen LogP contribution in [0.2, 0.25) is 0 Å². The highest BCUT2D eigenvalue weighted by Gasteiger charge is 2.08. The van der Waals surface area contributed by atoms with Gasteiger partial charge in [-0.3, -0.25) is 0 Å². The number of hydrogen-bond donors (Lipinski definition) is 0. The molecule has 0 aliphatic rings. The number of aromatic nitrogens is 3. The van der Waals surface area contributed by atoms with Crippen molar-refractivity contribution in [1.29, 1.82) is 0 Å². The van der Waals surface area contributed by atoms with E-state index < -0.39 is 0 Å². The van der Waals surface area contributed by atoms with Gasteiger partial charge in [0.05, 0.1) is 19.3 Å². The Morgan fingerprint density at radius 2 is 2.24 bits per heavy atom. The minimum atomic E-state index is -0.329. The van der Waals surface area contributed by atoms with Crippen molar-refractivity contribution in [3.63, 3.8) is 0 Å². The molecule has 1 aromatic carbocycles. The summed E-state index contributed by atoms with van der Waals surface area (Å²) in [4.78, 5) is 11.5. The lowest BCUT2D eigenvalue weighted by Crippen LogP contribution is -2.04. The first kappa shape index (κ1) is 15.5. The maximum atomic E-state index is 11.5. The fourth-order valence-electron chi connectivity index (χ4n) is 1.75. The highest BCUT2D eigenvalue weighted by atomic mass is 32.2. The van der Waals surface area contributed by atoms with Crippen LogP contribution in [0.1, 0.15) is 15.9 Å². The summed E-state index contributed by atoms with van der Waals surface area (Å²) in [5.74, 6) is 0.376. The Bertz CT molecular complexity index is 601. The maximum Gasteiger partial charge on any atom is 0.337 e. The minimum Gasteiger partial charge on any atom is -0.465 e. The van der Waals surface area contributed by atoms with E-state index in [1.807, 2.05) is 22.8 Å². The fourth-order valence-corrected chi connectivity index (χ4v) is 2.64. The van der Waals surface area contributed by atoms with Gasteiger partial charge in [-0.2, -0.15) is 0 Å². The molecule has 0 saturated carbocycles. The van der Waals surface area contributed by atoms with E-state index >= 15 is 0 Å². The van der Waals surface area contributed by atoms with Crippen LogP contribution in [0.3, 0.4) is 0 Å². The van der Waals surface area contributed by atoms with Crippen molar-refractivity contribution in [2.45, 2.75) is 17.5 Å². The number of ether oxygens (including phenoxy) is 2. The van der Waals surface area contributed by atoms with Crippen LogP contribution in [0.25, 0.3) is 0 Å². The van der Waals surface area contributed by atoms with Crippen LogP contribution < -0.4 is 0 Å². The van der Waals surface area contributed by atoms with Crippen molar-refractivity contribution < 1.29 is 14.3 Å². The third-order valence-electron chi connectivity index (χ3n) is 2.83. The van der Waals surface area contributed by atoms with Gasteiger partial charge in [-0.05, 0) is 17.7 Å². The van der Waals surface area contributed by atoms with Gasteiger partial charge in [0.1, 0.15) is 6.33 Å². The van der Waals surface area contributed by atoms with Crippen LogP contribution in [-0.4, -0.2) is 41.6 Å². The van der Waals surface area contributed by atoms with Gasteiger partial charge in [0.25, 0.3) is 0 Å². The zero-order chi connectivity index (χ0) is 15.1. The van der Waals surface area contributed by atoms with Gasteiger partial charge in [0.15, 0.2) is 5.16 Å². The Morgan fingerprint density at radius 1 is 1.38 bits per heavy atom. The van der Waals surface area contributed by atoms with Gasteiger partial charge in [-0.1, -0.05) is 23.9 Å². The number of benzene rings is 1. The molecular formula is C14H17N3O3S. The van der Waals surface area contributed by atoms with E-state index in [4.69, 9.17) is 9.47 Å². The predicted octanol–water partition coefficient (Wildman–Crippen LogP) is 2.00. The minimum absolute atomic E-state index is 0.329. The second-order valence-electron chi connectivity index (χ2n) is 4.28. The number of hydrogen-bond acceptors (Lipinski definition) is 6. The molecule has 0 N–H and O–H groups in total. The molecule has 1 heterocycles. The molecular weight excluding hydrogens is 290 g/mol. The first-order valence-electron chi connectivity index (χ1n) is 6.41. The first-order valence-corrected chi connectivity index (χ1v) is 7.40. The molecule has 21 heavy (non-hydrogen) atoms. The number of rotatable bonds is 7. The molecule has 0 atom stereocenters. The number of carbonyl (C=O) groups is 1. The molecule has 0 spiro atoms. The largest absolute Gasteiger partial charge is 0.465 e. The lowest BCUT2D eigenvalue weighted by molar-refractivity contribution is 0.0600. The molecule has 1 aromatic heterocycles. The molecule has 0 bridgehead atoms. The quantitative estimate of drug-likeness (QED) is 0.576. The van der Waals surface area contributed by atoms with Gasteiger partial charge in [0, 0.05) is 19.4 Å². The molecule has 2 aromatic rings. The van der Waals surface area contributed by atoms with Crippen LogP contribution in [0.15, 0.2) is 35.7 Å². The molecule has 0 aliphatic carbocycles. The van der Waals surface area contributed by atoms with Crippen molar-refractivity contribution in [3.05, 3.63) is 41.7 Å². The van der Waals surface area contributed by atoms with Crippen molar-refractivity contribution in [3.8, 4) is 0 Å². The van der Waals surface area contributed by atoms with E-state index in [-0.39, 0.29) is 5.97 Å². The Hall–Kier alpha value is -1.86. The van der Waals surface area contributed by atoms with Gasteiger partial charge in [0.2, 0.25) is 0 Å². The lowest BCUT2D eigenvalue weighted by atomic mass is 10.1. The molecule has 0 aliphatic heterocycles. The Labute approximate surface area is 127 Å². The SMILES string of the molecule is COCCn1cnnc1SCc1cccc(C(=O)OC)c1. The Morgan fingerprint density at radius 3 is 3.00 bits per heavy atom. The third-order valence-corrected chi connectivity index (χ3v) is 3.88. The van der Waals surface area contributed by atoms with Crippen molar-refractivity contribution in [1.82, 2.24) is 14.8 Å². The average Bonchev–Trinajstić information content (AvgIpc) is 2.97. The van der Waals surface area contributed by atoms with Crippen LogP contribution in [0.5, 0.6) is 0 Å². The van der Waals surface area contributed by atoms with E-state index in [0.717, 1.165) is 10.7 Å². The van der Waals surface area contributed by atoms with E-state index in [9.17, 15) is 4.79 Å². The smallest absolute Gasteiger partial charge is 0.337 e.